The lowest BCUT2D eigenvalue weighted by molar-refractivity contribution is -0.161. The number of amides is 1. The molecule has 0 aromatic heterocycles. The molecule has 0 radical (unpaired) electrons. The molecule has 0 heterocycles. The molecular weight excluding hydrogens is 557 g/mol. The van der Waals surface area contributed by atoms with Crippen LogP contribution in [0.5, 0.6) is 0 Å². The molecule has 2 aromatic rings. The topological polar surface area (TPSA) is 133 Å². The molecule has 1 aliphatic rings. The molecule has 0 unspecified atom stereocenters. The van der Waals surface area contributed by atoms with Gasteiger partial charge in [-0.05, 0) is 30.5 Å². The molecule has 2 atom stereocenters. The molecule has 2 N–H and O–H groups in total. The minimum Gasteiger partial charge on any atom is -0.336 e. The van der Waals surface area contributed by atoms with E-state index < -0.39 is 78.1 Å². The normalized spacial score (nSPS) is 16.8. The number of nitrogens with zero attached hydrogens (tertiary/aromatic N) is 1. The average Bonchev–Trinajstić information content (AvgIpc) is 3.55. The molecule has 0 bridgehead atoms. The number of hydrogen-bond donors (Lipinski definition) is 2. The second kappa shape index (κ2) is 10.6. The number of nitriles is 1. The van der Waals surface area contributed by atoms with Crippen LogP contribution >= 0.6 is 0 Å². The fraction of sp³-hybridized carbons (Fsp3) is 0.391. The number of rotatable bonds is 10. The van der Waals surface area contributed by atoms with E-state index in [0.717, 1.165) is 12.3 Å². The summed E-state index contributed by atoms with van der Waals surface area (Å²) in [5, 5.41) is 13.3. The molecule has 1 saturated carbocycles. The predicted molar refractivity (Wildman–Crippen MR) is 125 cm³/mol. The van der Waals surface area contributed by atoms with E-state index in [2.05, 4.69) is 5.32 Å². The average molecular weight is 580 g/mol. The van der Waals surface area contributed by atoms with Gasteiger partial charge < -0.3 is 5.32 Å². The van der Waals surface area contributed by atoms with Crippen molar-refractivity contribution in [3.05, 3.63) is 65.2 Å². The Morgan fingerprint density at radius 3 is 2.26 bits per heavy atom. The molecule has 1 amide bonds. The van der Waals surface area contributed by atoms with Crippen molar-refractivity contribution in [1.82, 2.24) is 10.6 Å². The van der Waals surface area contributed by atoms with Gasteiger partial charge in [-0.25, -0.2) is 25.6 Å². The van der Waals surface area contributed by atoms with Crippen LogP contribution in [0.2, 0.25) is 0 Å². The quantitative estimate of drug-likeness (QED) is 0.414. The van der Waals surface area contributed by atoms with Crippen LogP contribution in [0.1, 0.15) is 30.0 Å². The van der Waals surface area contributed by atoms with Crippen LogP contribution in [0.4, 0.5) is 22.0 Å². The Bertz CT molecular complexity index is 1480. The summed E-state index contributed by atoms with van der Waals surface area (Å²) >= 11 is 0. The van der Waals surface area contributed by atoms with Gasteiger partial charge in [-0.1, -0.05) is 24.3 Å². The minimum atomic E-state index is -5.25. The van der Waals surface area contributed by atoms with Gasteiger partial charge >= 0.3 is 6.18 Å². The number of nitrogens with one attached hydrogen (secondary N) is 2. The maximum absolute atomic E-state index is 14.3. The third kappa shape index (κ3) is 7.27. The summed E-state index contributed by atoms with van der Waals surface area (Å²) in [6, 6.07) is 3.10. The van der Waals surface area contributed by atoms with Crippen LogP contribution in [0, 0.1) is 23.0 Å². The zero-order valence-corrected chi connectivity index (χ0v) is 21.4. The molecule has 206 valence electrons. The number of carbonyl (C=O) groups is 1. The lowest BCUT2D eigenvalue weighted by Crippen LogP contribution is -2.54. The number of sulfone groups is 2. The summed E-state index contributed by atoms with van der Waals surface area (Å²) in [7, 11) is -8.35. The Balaban J connectivity index is 1.98. The van der Waals surface area contributed by atoms with E-state index in [-0.39, 0.29) is 29.4 Å². The van der Waals surface area contributed by atoms with Crippen LogP contribution in [0.15, 0.2) is 47.4 Å². The number of alkyl halides is 3. The second-order valence-electron chi connectivity index (χ2n) is 8.98. The molecule has 2 aromatic carbocycles. The van der Waals surface area contributed by atoms with Gasteiger partial charge in [0.25, 0.3) is 0 Å². The molecule has 38 heavy (non-hydrogen) atoms. The first kappa shape index (κ1) is 29.5. The summed E-state index contributed by atoms with van der Waals surface area (Å²) in [6.07, 6.45) is -4.04. The van der Waals surface area contributed by atoms with E-state index in [1.165, 1.54) is 18.2 Å². The van der Waals surface area contributed by atoms with Gasteiger partial charge in [-0.15, -0.1) is 0 Å². The van der Waals surface area contributed by atoms with Gasteiger partial charge in [-0.3, -0.25) is 10.1 Å². The predicted octanol–water partition coefficient (Wildman–Crippen LogP) is 2.72. The van der Waals surface area contributed by atoms with Crippen molar-refractivity contribution in [2.24, 2.45) is 0 Å². The van der Waals surface area contributed by atoms with Crippen molar-refractivity contribution < 1.29 is 43.6 Å². The third-order valence-electron chi connectivity index (χ3n) is 5.78. The molecule has 1 aliphatic carbocycles. The van der Waals surface area contributed by atoms with E-state index in [4.69, 9.17) is 0 Å². The molecule has 3 rings (SSSR count). The third-order valence-corrected chi connectivity index (χ3v) is 8.57. The zero-order chi connectivity index (χ0) is 28.5. The molecule has 15 heteroatoms. The monoisotopic (exact) mass is 579 g/mol. The molecule has 0 saturated heterocycles. The lowest BCUT2D eigenvalue weighted by Gasteiger charge is -2.28. The van der Waals surface area contributed by atoms with Crippen molar-refractivity contribution in [3.63, 3.8) is 0 Å². The van der Waals surface area contributed by atoms with Crippen molar-refractivity contribution in [2.75, 3.05) is 12.0 Å². The van der Waals surface area contributed by atoms with Crippen molar-refractivity contribution >= 4 is 25.6 Å². The first-order chi connectivity index (χ1) is 17.5. The fourth-order valence-corrected chi connectivity index (χ4v) is 6.38. The first-order valence-electron chi connectivity index (χ1n) is 11.0. The number of hydrogen-bond acceptors (Lipinski definition) is 7. The van der Waals surface area contributed by atoms with E-state index in [1.54, 1.807) is 6.07 Å². The van der Waals surface area contributed by atoms with Gasteiger partial charge in [0.2, 0.25) is 5.91 Å². The molecule has 0 spiro atoms. The van der Waals surface area contributed by atoms with Crippen LogP contribution in [0.3, 0.4) is 0 Å². The Labute approximate surface area is 215 Å². The van der Waals surface area contributed by atoms with Gasteiger partial charge in [0, 0.05) is 17.9 Å². The smallest absolute Gasteiger partial charge is 0.336 e. The van der Waals surface area contributed by atoms with E-state index >= 15 is 0 Å². The highest BCUT2D eigenvalue weighted by molar-refractivity contribution is 7.91. The largest absolute Gasteiger partial charge is 0.408 e. The summed E-state index contributed by atoms with van der Waals surface area (Å²) in [5.41, 5.74) is -2.63. The highest BCUT2D eigenvalue weighted by Crippen LogP contribution is 2.36. The van der Waals surface area contributed by atoms with Crippen molar-refractivity contribution in [2.45, 2.75) is 47.3 Å². The standard InChI is InChI=1S/C23H22F5N3O5S2/c1-37(33,34)19-5-3-2-4-14(19)11-38(35,36)12-18(21(32)31-22(13-29)8-9-22)30-20(23(26,27)28)16-7-6-15(24)10-17(16)25/h2-7,10,18,20,30H,8-9,11-12H2,1H3,(H,31,32)/t18-,20+/m0/s1. The van der Waals surface area contributed by atoms with Gasteiger partial charge in [-0.2, -0.15) is 18.4 Å². The highest BCUT2D eigenvalue weighted by atomic mass is 32.2. The number of benzene rings is 2. The maximum atomic E-state index is 14.3. The summed E-state index contributed by atoms with van der Waals surface area (Å²) in [4.78, 5) is 12.6. The first-order valence-corrected chi connectivity index (χ1v) is 14.7. The Kier molecular flexibility index (Phi) is 8.21. The second-order valence-corrected chi connectivity index (χ2v) is 13.1. The number of halogens is 5. The minimum absolute atomic E-state index is 0.165. The molecule has 0 aliphatic heterocycles. The van der Waals surface area contributed by atoms with Gasteiger partial charge in [0.1, 0.15) is 29.3 Å². The summed E-state index contributed by atoms with van der Waals surface area (Å²) in [5.74, 6) is -6.20. The van der Waals surface area contributed by atoms with E-state index in [0.29, 0.717) is 12.1 Å². The molecule has 1 fully saturated rings. The lowest BCUT2D eigenvalue weighted by atomic mass is 10.0. The Morgan fingerprint density at radius 1 is 1.11 bits per heavy atom. The van der Waals surface area contributed by atoms with Gasteiger partial charge in [0.05, 0.1) is 22.5 Å². The number of carbonyl (C=O) groups excluding carboxylic acids is 1. The Morgan fingerprint density at radius 2 is 1.74 bits per heavy atom. The maximum Gasteiger partial charge on any atom is 0.408 e. The van der Waals surface area contributed by atoms with Crippen LogP contribution in [-0.2, 0) is 30.2 Å². The highest BCUT2D eigenvalue weighted by Gasteiger charge is 2.48. The van der Waals surface area contributed by atoms with E-state index in [9.17, 15) is 48.8 Å². The van der Waals surface area contributed by atoms with Crippen LogP contribution < -0.4 is 10.6 Å². The van der Waals surface area contributed by atoms with Crippen LogP contribution in [-0.4, -0.2) is 52.5 Å². The molecular formula is C23H22F5N3O5S2. The van der Waals surface area contributed by atoms with Crippen molar-refractivity contribution in [3.8, 4) is 6.07 Å². The fourth-order valence-electron chi connectivity index (χ4n) is 3.74. The summed E-state index contributed by atoms with van der Waals surface area (Å²) in [6.45, 7) is 0. The SMILES string of the molecule is CS(=O)(=O)c1ccccc1CS(=O)(=O)C[C@H](N[C@H](c1ccc(F)cc1F)C(F)(F)F)C(=O)NC1(C#N)CC1. The van der Waals surface area contributed by atoms with Crippen LogP contribution in [0.25, 0.3) is 0 Å². The Hall–Kier alpha value is -3.09. The molecule has 8 nitrogen and oxygen atoms in total. The van der Waals surface area contributed by atoms with E-state index in [1.807, 2.05) is 5.32 Å². The van der Waals surface area contributed by atoms with Crippen molar-refractivity contribution in [1.29, 1.82) is 5.26 Å². The zero-order valence-electron chi connectivity index (χ0n) is 19.7. The summed E-state index contributed by atoms with van der Waals surface area (Å²) < 4.78 is 120. The van der Waals surface area contributed by atoms with Gasteiger partial charge in [0.15, 0.2) is 19.7 Å².